The Morgan fingerprint density at radius 2 is 2.40 bits per heavy atom. The molecule has 0 aliphatic carbocycles. The lowest BCUT2D eigenvalue weighted by Gasteiger charge is -1.95. The van der Waals surface area contributed by atoms with Crippen LogP contribution in [0.4, 0.5) is 4.39 Å². The van der Waals surface area contributed by atoms with E-state index in [4.69, 9.17) is 0 Å². The van der Waals surface area contributed by atoms with E-state index in [9.17, 15) is 4.39 Å². The fraction of sp³-hybridized carbons (Fsp3) is 0.286. The second kappa shape index (κ2) is 3.10. The Bertz CT molecular complexity index is 237. The molecule has 0 fully saturated rings. The molecule has 1 rings (SSSR count). The molecule has 0 aliphatic rings. The summed E-state index contributed by atoms with van der Waals surface area (Å²) < 4.78 is 12.9. The van der Waals surface area contributed by atoms with Crippen LogP contribution < -0.4 is 0 Å². The van der Waals surface area contributed by atoms with Gasteiger partial charge in [-0.15, -0.1) is 0 Å². The molecule has 1 nitrogen and oxygen atoms in total. The first kappa shape index (κ1) is 7.66. The van der Waals surface area contributed by atoms with Crippen LogP contribution in [0.1, 0.15) is 12.5 Å². The fourth-order valence-corrected chi connectivity index (χ4v) is 0.871. The Labute approximate surface area is 67.4 Å². The van der Waals surface area contributed by atoms with Gasteiger partial charge in [-0.2, -0.15) is 0 Å². The quantitative estimate of drug-likeness (QED) is 0.640. The molecule has 0 amide bonds. The van der Waals surface area contributed by atoms with Crippen molar-refractivity contribution in [2.75, 3.05) is 0 Å². The van der Waals surface area contributed by atoms with Gasteiger partial charge in [0.25, 0.3) is 0 Å². The average Bonchev–Trinajstić information content (AvgIpc) is 1.95. The highest BCUT2D eigenvalue weighted by molar-refractivity contribution is 9.10. The molecule has 0 saturated heterocycles. The zero-order chi connectivity index (χ0) is 7.56. The van der Waals surface area contributed by atoms with Crippen molar-refractivity contribution < 1.29 is 4.39 Å². The van der Waals surface area contributed by atoms with Gasteiger partial charge in [0.15, 0.2) is 5.82 Å². The summed E-state index contributed by atoms with van der Waals surface area (Å²) in [4.78, 5) is 3.79. The van der Waals surface area contributed by atoms with Crippen molar-refractivity contribution in [2.45, 2.75) is 13.3 Å². The molecule has 0 aromatic carbocycles. The van der Waals surface area contributed by atoms with Crippen LogP contribution >= 0.6 is 15.9 Å². The second-order valence-electron chi connectivity index (χ2n) is 1.97. The number of pyridine rings is 1. The van der Waals surface area contributed by atoms with Crippen molar-refractivity contribution in [1.29, 1.82) is 0 Å². The zero-order valence-electron chi connectivity index (χ0n) is 5.56. The molecular weight excluding hydrogens is 197 g/mol. The Morgan fingerprint density at radius 3 is 2.90 bits per heavy atom. The molecular formula is C7H7BrFN. The van der Waals surface area contributed by atoms with Gasteiger partial charge in [-0.25, -0.2) is 9.37 Å². The van der Waals surface area contributed by atoms with Crippen LogP contribution in [0.5, 0.6) is 0 Å². The summed E-state index contributed by atoms with van der Waals surface area (Å²) in [5.74, 6) is -0.292. The van der Waals surface area contributed by atoms with E-state index in [1.54, 1.807) is 6.20 Å². The molecule has 0 aliphatic heterocycles. The lowest BCUT2D eigenvalue weighted by molar-refractivity contribution is 0.610. The van der Waals surface area contributed by atoms with Crippen molar-refractivity contribution in [3.8, 4) is 0 Å². The van der Waals surface area contributed by atoms with Crippen molar-refractivity contribution in [1.82, 2.24) is 4.98 Å². The summed E-state index contributed by atoms with van der Waals surface area (Å²) in [7, 11) is 0. The molecule has 1 aromatic rings. The minimum Gasteiger partial charge on any atom is -0.246 e. The summed E-state index contributed by atoms with van der Waals surface area (Å²) in [6.45, 7) is 1.96. The number of hydrogen-bond donors (Lipinski definition) is 0. The second-order valence-corrected chi connectivity index (χ2v) is 2.72. The van der Waals surface area contributed by atoms with Crippen LogP contribution in [0.25, 0.3) is 0 Å². The summed E-state index contributed by atoms with van der Waals surface area (Å²) in [6, 6.07) is 1.48. The maximum atomic E-state index is 12.7. The maximum Gasteiger partial charge on any atom is 0.156 e. The molecule has 1 aromatic heterocycles. The molecule has 3 heteroatoms. The molecule has 54 valence electrons. The third kappa shape index (κ3) is 1.53. The average molecular weight is 204 g/mol. The van der Waals surface area contributed by atoms with Gasteiger partial charge in [0, 0.05) is 6.20 Å². The van der Waals surface area contributed by atoms with Crippen molar-refractivity contribution in [2.24, 2.45) is 0 Å². The Morgan fingerprint density at radius 1 is 1.70 bits per heavy atom. The van der Waals surface area contributed by atoms with Gasteiger partial charge >= 0.3 is 0 Å². The standard InChI is InChI=1S/C7H7BrFN/c1-2-5-3-6(9)7(8)10-4-5/h3-4H,2H2,1H3. The summed E-state index contributed by atoms with van der Waals surface area (Å²) in [6.07, 6.45) is 2.48. The van der Waals surface area contributed by atoms with Gasteiger partial charge in [0.2, 0.25) is 0 Å². The third-order valence-electron chi connectivity index (χ3n) is 1.26. The first-order valence-electron chi connectivity index (χ1n) is 3.04. The Kier molecular flexibility index (Phi) is 2.38. The van der Waals surface area contributed by atoms with Gasteiger partial charge in [0.1, 0.15) is 4.60 Å². The predicted molar refractivity (Wildman–Crippen MR) is 41.3 cm³/mol. The molecule has 0 unspecified atom stereocenters. The summed E-state index contributed by atoms with van der Waals surface area (Å²) in [5, 5.41) is 0. The van der Waals surface area contributed by atoms with Crippen LogP contribution in [0.15, 0.2) is 16.9 Å². The minimum atomic E-state index is -0.292. The minimum absolute atomic E-state index is 0.282. The molecule has 0 radical (unpaired) electrons. The Balaban J connectivity index is 3.04. The largest absolute Gasteiger partial charge is 0.246 e. The maximum absolute atomic E-state index is 12.7. The van der Waals surface area contributed by atoms with Gasteiger partial charge in [-0.1, -0.05) is 6.92 Å². The molecule has 0 saturated carbocycles. The van der Waals surface area contributed by atoms with E-state index in [2.05, 4.69) is 20.9 Å². The van der Waals surface area contributed by atoms with Crippen molar-refractivity contribution in [3.05, 3.63) is 28.2 Å². The van der Waals surface area contributed by atoms with Gasteiger partial charge in [0.05, 0.1) is 0 Å². The molecule has 0 bridgehead atoms. The van der Waals surface area contributed by atoms with E-state index in [1.165, 1.54) is 6.07 Å². The highest BCUT2D eigenvalue weighted by Crippen LogP contribution is 2.12. The topological polar surface area (TPSA) is 12.9 Å². The van der Waals surface area contributed by atoms with E-state index in [0.717, 1.165) is 12.0 Å². The van der Waals surface area contributed by atoms with Crippen LogP contribution in [0, 0.1) is 5.82 Å². The SMILES string of the molecule is CCc1cnc(Br)c(F)c1. The molecule has 0 spiro atoms. The number of rotatable bonds is 1. The van der Waals surface area contributed by atoms with Crippen LogP contribution in [0.3, 0.4) is 0 Å². The fourth-order valence-electron chi connectivity index (χ4n) is 0.654. The van der Waals surface area contributed by atoms with E-state index in [0.29, 0.717) is 0 Å². The number of aromatic nitrogens is 1. The molecule has 1 heterocycles. The molecule has 0 atom stereocenters. The predicted octanol–water partition coefficient (Wildman–Crippen LogP) is 2.55. The number of nitrogens with zero attached hydrogens (tertiary/aromatic N) is 1. The first-order chi connectivity index (χ1) is 4.74. The molecule has 0 N–H and O–H groups in total. The van der Waals surface area contributed by atoms with Crippen molar-refractivity contribution >= 4 is 15.9 Å². The van der Waals surface area contributed by atoms with Crippen LogP contribution in [-0.2, 0) is 6.42 Å². The van der Waals surface area contributed by atoms with Crippen LogP contribution in [0.2, 0.25) is 0 Å². The lowest BCUT2D eigenvalue weighted by atomic mass is 10.2. The number of aryl methyl sites for hydroxylation is 1. The summed E-state index contributed by atoms with van der Waals surface area (Å²) in [5.41, 5.74) is 0.917. The normalized spacial score (nSPS) is 9.90. The van der Waals surface area contributed by atoms with Gasteiger partial charge in [-0.3, -0.25) is 0 Å². The van der Waals surface area contributed by atoms with Crippen LogP contribution in [-0.4, -0.2) is 4.98 Å². The monoisotopic (exact) mass is 203 g/mol. The van der Waals surface area contributed by atoms with Gasteiger partial charge in [-0.05, 0) is 34.0 Å². The summed E-state index contributed by atoms with van der Waals surface area (Å²) >= 11 is 2.97. The van der Waals surface area contributed by atoms with Gasteiger partial charge < -0.3 is 0 Å². The van der Waals surface area contributed by atoms with E-state index in [1.807, 2.05) is 6.92 Å². The lowest BCUT2D eigenvalue weighted by Crippen LogP contribution is -1.87. The smallest absolute Gasteiger partial charge is 0.156 e. The third-order valence-corrected chi connectivity index (χ3v) is 1.84. The highest BCUT2D eigenvalue weighted by atomic mass is 79.9. The Hall–Kier alpha value is -0.440. The molecule has 10 heavy (non-hydrogen) atoms. The zero-order valence-corrected chi connectivity index (χ0v) is 7.15. The van der Waals surface area contributed by atoms with Crippen molar-refractivity contribution in [3.63, 3.8) is 0 Å². The van der Waals surface area contributed by atoms with E-state index < -0.39 is 0 Å². The first-order valence-corrected chi connectivity index (χ1v) is 3.83. The highest BCUT2D eigenvalue weighted by Gasteiger charge is 1.98. The number of hydrogen-bond acceptors (Lipinski definition) is 1. The van der Waals surface area contributed by atoms with E-state index >= 15 is 0 Å². The van der Waals surface area contributed by atoms with E-state index in [-0.39, 0.29) is 10.4 Å². The number of halogens is 2.